The standard InChI is InChI=1S/C19H28FN3O2/c20-18-5-3-16(4-6-18)14-23-8-1-2-17(15-23)19(24)21-7-9-22-10-12-25-13-11-22/h3-6,17H,1-2,7-15H2,(H,21,24). The van der Waals surface area contributed by atoms with Crippen molar-refractivity contribution in [3.05, 3.63) is 35.6 Å². The fourth-order valence-corrected chi connectivity index (χ4v) is 3.57. The maximum atomic E-state index is 13.0. The van der Waals surface area contributed by atoms with Gasteiger partial charge in [0.15, 0.2) is 0 Å². The van der Waals surface area contributed by atoms with E-state index in [2.05, 4.69) is 15.1 Å². The second-order valence-electron chi connectivity index (χ2n) is 6.95. The van der Waals surface area contributed by atoms with Gasteiger partial charge in [-0.05, 0) is 37.1 Å². The molecular weight excluding hydrogens is 321 g/mol. The van der Waals surface area contributed by atoms with Crippen LogP contribution in [0.2, 0.25) is 0 Å². The first kappa shape index (κ1) is 18.3. The summed E-state index contributed by atoms with van der Waals surface area (Å²) < 4.78 is 18.3. The topological polar surface area (TPSA) is 44.8 Å². The number of ether oxygens (including phenoxy) is 1. The Labute approximate surface area is 149 Å². The van der Waals surface area contributed by atoms with E-state index >= 15 is 0 Å². The van der Waals surface area contributed by atoms with Crippen LogP contribution in [0.1, 0.15) is 18.4 Å². The highest BCUT2D eigenvalue weighted by Gasteiger charge is 2.25. The third-order valence-corrected chi connectivity index (χ3v) is 5.03. The van der Waals surface area contributed by atoms with Crippen LogP contribution in [-0.2, 0) is 16.1 Å². The normalized spacial score (nSPS) is 22.7. The van der Waals surface area contributed by atoms with E-state index in [0.717, 1.165) is 70.9 Å². The third-order valence-electron chi connectivity index (χ3n) is 5.03. The third kappa shape index (κ3) is 5.76. The average molecular weight is 349 g/mol. The molecule has 2 fully saturated rings. The zero-order valence-electron chi connectivity index (χ0n) is 14.8. The van der Waals surface area contributed by atoms with Gasteiger partial charge in [0.1, 0.15) is 5.82 Å². The second-order valence-corrected chi connectivity index (χ2v) is 6.95. The zero-order valence-corrected chi connectivity index (χ0v) is 14.8. The summed E-state index contributed by atoms with van der Waals surface area (Å²) in [7, 11) is 0. The highest BCUT2D eigenvalue weighted by molar-refractivity contribution is 5.78. The van der Waals surface area contributed by atoms with Crippen molar-refractivity contribution in [1.29, 1.82) is 0 Å². The SMILES string of the molecule is O=C(NCCN1CCOCC1)C1CCCN(Cc2ccc(F)cc2)C1. The van der Waals surface area contributed by atoms with Crippen LogP contribution in [0.4, 0.5) is 4.39 Å². The Balaban J connectivity index is 1.40. The van der Waals surface area contributed by atoms with E-state index < -0.39 is 0 Å². The molecule has 2 aliphatic heterocycles. The van der Waals surface area contributed by atoms with Gasteiger partial charge in [0.05, 0.1) is 19.1 Å². The van der Waals surface area contributed by atoms with Crippen molar-refractivity contribution in [3.63, 3.8) is 0 Å². The highest BCUT2D eigenvalue weighted by Crippen LogP contribution is 2.19. The highest BCUT2D eigenvalue weighted by atomic mass is 19.1. The first-order chi connectivity index (χ1) is 12.2. The van der Waals surface area contributed by atoms with Crippen molar-refractivity contribution in [1.82, 2.24) is 15.1 Å². The number of hydrogen-bond acceptors (Lipinski definition) is 4. The predicted octanol–water partition coefficient (Wildman–Crippen LogP) is 1.49. The second kappa shape index (κ2) is 9.27. The minimum absolute atomic E-state index is 0.0545. The fraction of sp³-hybridized carbons (Fsp3) is 0.632. The van der Waals surface area contributed by atoms with Crippen LogP contribution in [0.15, 0.2) is 24.3 Å². The van der Waals surface area contributed by atoms with Crippen LogP contribution < -0.4 is 5.32 Å². The van der Waals surface area contributed by atoms with E-state index in [1.807, 2.05) is 12.1 Å². The molecule has 0 bridgehead atoms. The number of nitrogens with zero attached hydrogens (tertiary/aromatic N) is 2. The minimum atomic E-state index is -0.208. The molecule has 0 radical (unpaired) electrons. The summed E-state index contributed by atoms with van der Waals surface area (Å²) in [5.74, 6) is 0.0101. The number of hydrogen-bond donors (Lipinski definition) is 1. The number of benzene rings is 1. The van der Waals surface area contributed by atoms with Crippen LogP contribution in [0, 0.1) is 11.7 Å². The van der Waals surface area contributed by atoms with Crippen molar-refractivity contribution in [2.24, 2.45) is 5.92 Å². The van der Waals surface area contributed by atoms with Crippen molar-refractivity contribution in [2.45, 2.75) is 19.4 Å². The van der Waals surface area contributed by atoms with E-state index in [9.17, 15) is 9.18 Å². The molecule has 3 rings (SSSR count). The fourth-order valence-electron chi connectivity index (χ4n) is 3.57. The van der Waals surface area contributed by atoms with Crippen LogP contribution in [-0.4, -0.2) is 68.2 Å². The average Bonchev–Trinajstić information content (AvgIpc) is 2.65. The molecule has 0 aromatic heterocycles. The van der Waals surface area contributed by atoms with E-state index in [1.54, 1.807) is 0 Å². The molecule has 1 atom stereocenters. The monoisotopic (exact) mass is 349 g/mol. The zero-order chi connectivity index (χ0) is 17.5. The summed E-state index contributed by atoms with van der Waals surface area (Å²) in [6, 6.07) is 6.63. The summed E-state index contributed by atoms with van der Waals surface area (Å²) in [5.41, 5.74) is 1.09. The van der Waals surface area contributed by atoms with Gasteiger partial charge in [-0.2, -0.15) is 0 Å². The molecule has 0 aliphatic carbocycles. The number of nitrogens with one attached hydrogen (secondary N) is 1. The largest absolute Gasteiger partial charge is 0.379 e. The number of piperidine rings is 1. The van der Waals surface area contributed by atoms with Gasteiger partial charge in [-0.3, -0.25) is 14.6 Å². The lowest BCUT2D eigenvalue weighted by atomic mass is 9.96. The summed E-state index contributed by atoms with van der Waals surface area (Å²) in [6.07, 6.45) is 1.98. The quantitative estimate of drug-likeness (QED) is 0.845. The van der Waals surface area contributed by atoms with E-state index in [0.29, 0.717) is 6.54 Å². The van der Waals surface area contributed by atoms with Crippen molar-refractivity contribution >= 4 is 5.91 Å². The first-order valence-corrected chi connectivity index (χ1v) is 9.25. The Hall–Kier alpha value is -1.50. The number of carbonyl (C=O) groups excluding carboxylic acids is 1. The Morgan fingerprint density at radius 3 is 2.68 bits per heavy atom. The summed E-state index contributed by atoms with van der Waals surface area (Å²) in [5, 5.41) is 3.09. The lowest BCUT2D eigenvalue weighted by Gasteiger charge is -2.32. The van der Waals surface area contributed by atoms with Gasteiger partial charge in [0.2, 0.25) is 5.91 Å². The molecule has 2 saturated heterocycles. The Morgan fingerprint density at radius 1 is 1.16 bits per heavy atom. The number of rotatable bonds is 6. The summed E-state index contributed by atoms with van der Waals surface area (Å²) in [6.45, 7) is 7.61. The van der Waals surface area contributed by atoms with Gasteiger partial charge >= 0.3 is 0 Å². The van der Waals surface area contributed by atoms with Crippen molar-refractivity contribution < 1.29 is 13.9 Å². The smallest absolute Gasteiger partial charge is 0.224 e. The van der Waals surface area contributed by atoms with E-state index in [-0.39, 0.29) is 17.6 Å². The molecule has 138 valence electrons. The molecule has 5 nitrogen and oxygen atoms in total. The molecule has 1 aromatic rings. The van der Waals surface area contributed by atoms with Crippen molar-refractivity contribution in [2.75, 3.05) is 52.5 Å². The molecule has 0 saturated carbocycles. The molecule has 2 aliphatic rings. The van der Waals surface area contributed by atoms with Gasteiger partial charge in [-0.15, -0.1) is 0 Å². The predicted molar refractivity (Wildman–Crippen MR) is 94.7 cm³/mol. The molecule has 1 amide bonds. The molecule has 0 spiro atoms. The molecular formula is C19H28FN3O2. The number of carbonyl (C=O) groups is 1. The Kier molecular flexibility index (Phi) is 6.78. The van der Waals surface area contributed by atoms with Crippen LogP contribution in [0.3, 0.4) is 0 Å². The lowest BCUT2D eigenvalue weighted by molar-refractivity contribution is -0.126. The van der Waals surface area contributed by atoms with Crippen LogP contribution in [0.25, 0.3) is 0 Å². The number of amides is 1. The van der Waals surface area contributed by atoms with E-state index in [4.69, 9.17) is 4.74 Å². The van der Waals surface area contributed by atoms with Crippen LogP contribution in [0.5, 0.6) is 0 Å². The van der Waals surface area contributed by atoms with Gasteiger partial charge in [-0.25, -0.2) is 4.39 Å². The molecule has 1 aromatic carbocycles. The number of morpholine rings is 1. The van der Waals surface area contributed by atoms with Gasteiger partial charge in [0.25, 0.3) is 0 Å². The molecule has 6 heteroatoms. The van der Waals surface area contributed by atoms with Crippen LogP contribution >= 0.6 is 0 Å². The van der Waals surface area contributed by atoms with Gasteiger partial charge in [-0.1, -0.05) is 12.1 Å². The molecule has 2 heterocycles. The summed E-state index contributed by atoms with van der Waals surface area (Å²) in [4.78, 5) is 17.1. The lowest BCUT2D eigenvalue weighted by Crippen LogP contribution is -2.45. The molecule has 25 heavy (non-hydrogen) atoms. The first-order valence-electron chi connectivity index (χ1n) is 9.25. The van der Waals surface area contributed by atoms with Gasteiger partial charge in [0, 0.05) is 39.3 Å². The number of halogens is 1. The van der Waals surface area contributed by atoms with E-state index in [1.165, 1.54) is 12.1 Å². The maximum absolute atomic E-state index is 13.0. The Bertz CT molecular complexity index is 546. The Morgan fingerprint density at radius 2 is 1.92 bits per heavy atom. The van der Waals surface area contributed by atoms with Gasteiger partial charge < -0.3 is 10.1 Å². The molecule has 1 N–H and O–H groups in total. The van der Waals surface area contributed by atoms with Crippen molar-refractivity contribution in [3.8, 4) is 0 Å². The summed E-state index contributed by atoms with van der Waals surface area (Å²) >= 11 is 0. The molecule has 1 unspecified atom stereocenters. The number of likely N-dealkylation sites (tertiary alicyclic amines) is 1. The maximum Gasteiger partial charge on any atom is 0.224 e. The minimum Gasteiger partial charge on any atom is -0.379 e.